The minimum absolute atomic E-state index is 0.373. The molecule has 1 aromatic rings. The third-order valence-electron chi connectivity index (χ3n) is 5.48. The van der Waals surface area contributed by atoms with Crippen molar-refractivity contribution >= 4 is 0 Å². The number of rotatable bonds is 3. The van der Waals surface area contributed by atoms with Crippen LogP contribution >= 0.6 is 0 Å². The molecule has 5 unspecified atom stereocenters. The van der Waals surface area contributed by atoms with Gasteiger partial charge in [0.1, 0.15) is 0 Å². The van der Waals surface area contributed by atoms with E-state index in [1.54, 1.807) is 0 Å². The predicted molar refractivity (Wildman–Crippen MR) is 67.2 cm³/mol. The standard InChI is InChI=1S/C15H20N2/c16-12(6-9-2-1-5-17-8-9)15-13-10-3-4-11(7-10)14(13)15/h1-2,5,8,10-15H,3-4,6-7,16H2. The zero-order chi connectivity index (χ0) is 11.4. The zero-order valence-electron chi connectivity index (χ0n) is 10.1. The van der Waals surface area contributed by atoms with Gasteiger partial charge in [-0.2, -0.15) is 0 Å². The molecule has 1 heterocycles. The van der Waals surface area contributed by atoms with Crippen LogP contribution in [0.3, 0.4) is 0 Å². The first-order chi connectivity index (χ1) is 8.34. The molecule has 0 aliphatic heterocycles. The number of fused-ring (bicyclic) bond motifs is 5. The van der Waals surface area contributed by atoms with Gasteiger partial charge in [-0.1, -0.05) is 6.07 Å². The molecule has 4 rings (SSSR count). The molecule has 0 amide bonds. The molecule has 3 fully saturated rings. The molecule has 1 aromatic heterocycles. The first-order valence-electron chi connectivity index (χ1n) is 6.99. The van der Waals surface area contributed by atoms with E-state index in [-0.39, 0.29) is 0 Å². The lowest BCUT2D eigenvalue weighted by atomic mass is 9.94. The van der Waals surface area contributed by atoms with Crippen LogP contribution in [0.4, 0.5) is 0 Å². The zero-order valence-corrected chi connectivity index (χ0v) is 10.1. The van der Waals surface area contributed by atoms with E-state index in [0.29, 0.717) is 6.04 Å². The fraction of sp³-hybridized carbons (Fsp3) is 0.667. The fourth-order valence-electron chi connectivity index (χ4n) is 4.89. The Kier molecular flexibility index (Phi) is 2.10. The van der Waals surface area contributed by atoms with E-state index >= 15 is 0 Å². The lowest BCUT2D eigenvalue weighted by Crippen LogP contribution is -2.28. The molecule has 0 spiro atoms. The van der Waals surface area contributed by atoms with Crippen LogP contribution in [0, 0.1) is 29.6 Å². The van der Waals surface area contributed by atoms with Crippen molar-refractivity contribution in [3.63, 3.8) is 0 Å². The van der Waals surface area contributed by atoms with Gasteiger partial charge in [0.05, 0.1) is 0 Å². The molecule has 2 N–H and O–H groups in total. The van der Waals surface area contributed by atoms with Gasteiger partial charge in [-0.25, -0.2) is 0 Å². The second kappa shape index (κ2) is 3.55. The summed E-state index contributed by atoms with van der Waals surface area (Å²) in [6, 6.07) is 4.54. The second-order valence-corrected chi connectivity index (χ2v) is 6.29. The van der Waals surface area contributed by atoms with Crippen LogP contribution in [0.15, 0.2) is 24.5 Å². The molecular formula is C15H20N2. The Labute approximate surface area is 103 Å². The van der Waals surface area contributed by atoms with Gasteiger partial charge >= 0.3 is 0 Å². The molecule has 3 aliphatic rings. The van der Waals surface area contributed by atoms with Gasteiger partial charge in [-0.3, -0.25) is 4.98 Å². The normalized spacial score (nSPS) is 43.5. The summed E-state index contributed by atoms with van der Waals surface area (Å²) in [4.78, 5) is 4.18. The average molecular weight is 228 g/mol. The maximum Gasteiger partial charge on any atom is 0.0300 e. The van der Waals surface area contributed by atoms with Crippen molar-refractivity contribution in [1.82, 2.24) is 4.98 Å². The molecule has 90 valence electrons. The third kappa shape index (κ3) is 1.46. The molecule has 5 atom stereocenters. The second-order valence-electron chi connectivity index (χ2n) is 6.29. The van der Waals surface area contributed by atoms with Gasteiger partial charge in [0.15, 0.2) is 0 Å². The number of nitrogens with zero attached hydrogens (tertiary/aromatic N) is 1. The fourth-order valence-corrected chi connectivity index (χ4v) is 4.89. The van der Waals surface area contributed by atoms with Crippen LogP contribution in [-0.2, 0) is 6.42 Å². The van der Waals surface area contributed by atoms with Gasteiger partial charge in [-0.15, -0.1) is 0 Å². The van der Waals surface area contributed by atoms with E-state index in [4.69, 9.17) is 5.73 Å². The smallest absolute Gasteiger partial charge is 0.0300 e. The summed E-state index contributed by atoms with van der Waals surface area (Å²) < 4.78 is 0. The highest BCUT2D eigenvalue weighted by atomic mass is 14.8. The number of pyridine rings is 1. The van der Waals surface area contributed by atoms with E-state index in [0.717, 1.165) is 36.0 Å². The Morgan fingerprint density at radius 1 is 1.29 bits per heavy atom. The van der Waals surface area contributed by atoms with E-state index in [1.165, 1.54) is 24.8 Å². The molecule has 2 nitrogen and oxygen atoms in total. The van der Waals surface area contributed by atoms with E-state index in [9.17, 15) is 0 Å². The first kappa shape index (κ1) is 10.1. The van der Waals surface area contributed by atoms with Crippen LogP contribution < -0.4 is 5.73 Å². The summed E-state index contributed by atoms with van der Waals surface area (Å²) in [5.41, 5.74) is 7.73. The van der Waals surface area contributed by atoms with Gasteiger partial charge in [0.2, 0.25) is 0 Å². The maximum absolute atomic E-state index is 6.43. The molecule has 2 heteroatoms. The molecule has 0 radical (unpaired) electrons. The van der Waals surface area contributed by atoms with Crippen LogP contribution in [0.5, 0.6) is 0 Å². The molecule has 17 heavy (non-hydrogen) atoms. The Morgan fingerprint density at radius 2 is 2.06 bits per heavy atom. The number of aromatic nitrogens is 1. The van der Waals surface area contributed by atoms with Crippen LogP contribution in [0.2, 0.25) is 0 Å². The van der Waals surface area contributed by atoms with Crippen molar-refractivity contribution in [2.45, 2.75) is 31.7 Å². The van der Waals surface area contributed by atoms with Crippen LogP contribution in [0.25, 0.3) is 0 Å². The van der Waals surface area contributed by atoms with Crippen molar-refractivity contribution in [1.29, 1.82) is 0 Å². The van der Waals surface area contributed by atoms with Crippen molar-refractivity contribution in [2.75, 3.05) is 0 Å². The highest BCUT2D eigenvalue weighted by molar-refractivity contribution is 5.18. The van der Waals surface area contributed by atoms with E-state index < -0.39 is 0 Å². The van der Waals surface area contributed by atoms with Gasteiger partial charge in [-0.05, 0) is 66.9 Å². The van der Waals surface area contributed by atoms with Crippen molar-refractivity contribution in [3.8, 4) is 0 Å². The maximum atomic E-state index is 6.43. The summed E-state index contributed by atoms with van der Waals surface area (Å²) in [7, 11) is 0. The quantitative estimate of drug-likeness (QED) is 0.861. The van der Waals surface area contributed by atoms with Crippen molar-refractivity contribution < 1.29 is 0 Å². The van der Waals surface area contributed by atoms with Gasteiger partial charge < -0.3 is 5.73 Å². The summed E-state index contributed by atoms with van der Waals surface area (Å²) in [5.74, 6) is 4.91. The lowest BCUT2D eigenvalue weighted by Gasteiger charge is -2.15. The average Bonchev–Trinajstić information content (AvgIpc) is 2.80. The lowest BCUT2D eigenvalue weighted by molar-refractivity contribution is 0.409. The van der Waals surface area contributed by atoms with E-state index in [1.807, 2.05) is 18.5 Å². The summed E-state index contributed by atoms with van der Waals surface area (Å²) in [6.07, 6.45) is 9.31. The summed E-state index contributed by atoms with van der Waals surface area (Å²) in [5, 5.41) is 0. The predicted octanol–water partition coefficient (Wildman–Crippen LogP) is 2.24. The van der Waals surface area contributed by atoms with Crippen LogP contribution in [-0.4, -0.2) is 11.0 Å². The largest absolute Gasteiger partial charge is 0.327 e. The van der Waals surface area contributed by atoms with Gasteiger partial charge in [0, 0.05) is 18.4 Å². The minimum Gasteiger partial charge on any atom is -0.327 e. The minimum atomic E-state index is 0.373. The summed E-state index contributed by atoms with van der Waals surface area (Å²) in [6.45, 7) is 0. The molecule has 3 saturated carbocycles. The van der Waals surface area contributed by atoms with E-state index in [2.05, 4.69) is 11.1 Å². The Hall–Kier alpha value is -0.890. The highest BCUT2D eigenvalue weighted by Crippen LogP contribution is 2.70. The monoisotopic (exact) mass is 228 g/mol. The first-order valence-corrected chi connectivity index (χ1v) is 6.99. The SMILES string of the molecule is NC(Cc1cccnc1)C1C2C3CCC(C3)C12. The Morgan fingerprint density at radius 3 is 2.71 bits per heavy atom. The molecule has 0 saturated heterocycles. The number of nitrogens with two attached hydrogens (primary N) is 1. The highest BCUT2D eigenvalue weighted by Gasteiger charge is 2.65. The topological polar surface area (TPSA) is 38.9 Å². The Balaban J connectivity index is 1.44. The molecule has 2 bridgehead atoms. The molecule has 0 aromatic carbocycles. The third-order valence-corrected chi connectivity index (χ3v) is 5.48. The Bertz CT molecular complexity index is 400. The number of hydrogen-bond donors (Lipinski definition) is 1. The number of hydrogen-bond acceptors (Lipinski definition) is 2. The van der Waals surface area contributed by atoms with Crippen molar-refractivity contribution in [2.24, 2.45) is 35.3 Å². The van der Waals surface area contributed by atoms with Gasteiger partial charge in [0.25, 0.3) is 0 Å². The molecular weight excluding hydrogens is 208 g/mol. The molecule has 3 aliphatic carbocycles. The summed E-state index contributed by atoms with van der Waals surface area (Å²) >= 11 is 0. The van der Waals surface area contributed by atoms with Crippen molar-refractivity contribution in [3.05, 3.63) is 30.1 Å². The van der Waals surface area contributed by atoms with Crippen LogP contribution in [0.1, 0.15) is 24.8 Å².